The van der Waals surface area contributed by atoms with E-state index in [0.29, 0.717) is 32.0 Å². The quantitative estimate of drug-likeness (QED) is 0.0700. The van der Waals surface area contributed by atoms with Gasteiger partial charge in [-0.3, -0.25) is 0 Å². The second kappa shape index (κ2) is 22.2. The van der Waals surface area contributed by atoms with Crippen molar-refractivity contribution in [2.45, 2.75) is 180 Å². The molecule has 7 unspecified atom stereocenters. The molecule has 8 heteroatoms. The van der Waals surface area contributed by atoms with Crippen LogP contribution in [0.2, 0.25) is 36.3 Å². The van der Waals surface area contributed by atoms with Gasteiger partial charge in [-0.15, -0.1) is 12.3 Å². The average molecular weight is 819 g/mol. The lowest BCUT2D eigenvalue weighted by Crippen LogP contribution is -2.47. The van der Waals surface area contributed by atoms with Gasteiger partial charge in [-0.2, -0.15) is 0 Å². The van der Waals surface area contributed by atoms with E-state index in [1.807, 2.05) is 12.1 Å². The molecule has 7 atom stereocenters. The number of methoxy groups -OCH3 is 1. The molecule has 0 bridgehead atoms. The fraction of sp³-hybridized carbons (Fsp3) is 0.633. The number of rotatable bonds is 21. The summed E-state index contributed by atoms with van der Waals surface area (Å²) >= 11 is 0. The highest BCUT2D eigenvalue weighted by Gasteiger charge is 2.41. The van der Waals surface area contributed by atoms with Crippen LogP contribution in [0.15, 0.2) is 84.5 Å². The molecule has 1 aromatic rings. The smallest absolute Gasteiger partial charge is 0.193 e. The molecule has 0 saturated heterocycles. The molecule has 2 aliphatic rings. The van der Waals surface area contributed by atoms with Gasteiger partial charge in [-0.05, 0) is 105 Å². The van der Waals surface area contributed by atoms with E-state index in [1.54, 1.807) is 7.11 Å². The van der Waals surface area contributed by atoms with E-state index in [9.17, 15) is 0 Å². The van der Waals surface area contributed by atoms with E-state index in [-0.39, 0.29) is 46.7 Å². The summed E-state index contributed by atoms with van der Waals surface area (Å²) in [6.07, 6.45) is 26.4. The van der Waals surface area contributed by atoms with Crippen LogP contribution in [0.25, 0.3) is 0 Å². The number of benzene rings is 1. The summed E-state index contributed by atoms with van der Waals surface area (Å²) in [6.45, 7) is 33.2. The van der Waals surface area contributed by atoms with Crippen LogP contribution in [0, 0.1) is 18.3 Å². The Bertz CT molecular complexity index is 1550. The van der Waals surface area contributed by atoms with Gasteiger partial charge in [0, 0.05) is 6.42 Å². The predicted molar refractivity (Wildman–Crippen MR) is 245 cm³/mol. The van der Waals surface area contributed by atoms with Gasteiger partial charge in [-0.25, -0.2) is 0 Å². The average Bonchev–Trinajstić information content (AvgIpc) is 3.10. The zero-order chi connectivity index (χ0) is 42.4. The van der Waals surface area contributed by atoms with Gasteiger partial charge in [-0.1, -0.05) is 121 Å². The first-order chi connectivity index (χ1) is 26.6. The van der Waals surface area contributed by atoms with E-state index in [4.69, 9.17) is 34.2 Å². The van der Waals surface area contributed by atoms with Gasteiger partial charge in [0.15, 0.2) is 16.6 Å². The van der Waals surface area contributed by atoms with E-state index >= 15 is 0 Å². The Hall–Kier alpha value is -2.49. The van der Waals surface area contributed by atoms with Crippen molar-refractivity contribution in [2.75, 3.05) is 13.7 Å². The SMILES string of the molecule is C#CCC1C=CCC(CC(C)CC(=C)CC(/C=C/CC(OCc2ccc(OC)cc2)C(/C=C/C2CC(C)=CCO2)O[Si](C)(C)C(C)(C)C)O[Si](C)(C)C(C)(C)C)O1. The van der Waals surface area contributed by atoms with Crippen molar-refractivity contribution in [3.63, 3.8) is 0 Å². The molecule has 57 heavy (non-hydrogen) atoms. The van der Waals surface area contributed by atoms with Crippen LogP contribution >= 0.6 is 0 Å². The van der Waals surface area contributed by atoms with Gasteiger partial charge in [0.25, 0.3) is 0 Å². The van der Waals surface area contributed by atoms with Gasteiger partial charge >= 0.3 is 0 Å². The standard InChI is InChI=1S/C49H78O6Si2/c1-16-19-42-20-17-21-44(53-42)34-38(3)32-39(4)35-45(54-56(12,13)48(5,6)7)22-18-23-46(52-36-40-24-26-41(50-11)27-25-40)47(55-57(14,15)49(8,9)10)29-28-43-33-37(2)30-31-51-43/h1,17-18,20,22,24-30,38,42-47H,4,19,21,23,31-36H2,2-3,5-15H3/b22-18+,29-28+. The highest BCUT2D eigenvalue weighted by Crippen LogP contribution is 2.40. The molecular weight excluding hydrogens is 741 g/mol. The monoisotopic (exact) mass is 819 g/mol. The summed E-state index contributed by atoms with van der Waals surface area (Å²) in [7, 11) is -2.62. The van der Waals surface area contributed by atoms with Gasteiger partial charge in [0.2, 0.25) is 0 Å². The third-order valence-electron chi connectivity index (χ3n) is 12.2. The van der Waals surface area contributed by atoms with E-state index in [0.717, 1.165) is 43.4 Å². The first kappa shape index (κ1) is 48.9. The number of ether oxygens (including phenoxy) is 4. The number of hydrogen-bond acceptors (Lipinski definition) is 6. The van der Waals surface area contributed by atoms with E-state index < -0.39 is 16.6 Å². The van der Waals surface area contributed by atoms with Crippen LogP contribution in [0.5, 0.6) is 5.75 Å². The van der Waals surface area contributed by atoms with Crippen molar-refractivity contribution >= 4 is 16.6 Å². The highest BCUT2D eigenvalue weighted by molar-refractivity contribution is 6.74. The summed E-state index contributed by atoms with van der Waals surface area (Å²) in [5, 5.41) is 0.0963. The molecule has 6 nitrogen and oxygen atoms in total. The minimum atomic E-state index is -2.20. The summed E-state index contributed by atoms with van der Waals surface area (Å²) < 4.78 is 39.1. The predicted octanol–water partition coefficient (Wildman–Crippen LogP) is 12.7. The van der Waals surface area contributed by atoms with Crippen molar-refractivity contribution in [1.82, 2.24) is 0 Å². The first-order valence-corrected chi connectivity index (χ1v) is 27.1. The highest BCUT2D eigenvalue weighted by atomic mass is 28.4. The maximum Gasteiger partial charge on any atom is 0.193 e. The lowest BCUT2D eigenvalue weighted by Gasteiger charge is -2.40. The minimum absolute atomic E-state index is 0.0135. The Balaban J connectivity index is 1.89. The molecule has 318 valence electrons. The lowest BCUT2D eigenvalue weighted by molar-refractivity contribution is -0.0204. The Kier molecular flexibility index (Phi) is 19.0. The van der Waals surface area contributed by atoms with Crippen LogP contribution < -0.4 is 4.74 Å². The van der Waals surface area contributed by atoms with Crippen molar-refractivity contribution < 1.29 is 27.8 Å². The summed E-state index contributed by atoms with van der Waals surface area (Å²) in [4.78, 5) is 0. The molecule has 2 heterocycles. The van der Waals surface area contributed by atoms with Crippen molar-refractivity contribution in [1.29, 1.82) is 0 Å². The van der Waals surface area contributed by atoms with E-state index in [1.165, 1.54) is 11.1 Å². The Morgan fingerprint density at radius 1 is 1.00 bits per heavy atom. The fourth-order valence-corrected chi connectivity index (χ4v) is 9.22. The van der Waals surface area contributed by atoms with Gasteiger partial charge < -0.3 is 27.8 Å². The third kappa shape index (κ3) is 16.6. The Labute approximate surface area is 350 Å². The zero-order valence-corrected chi connectivity index (χ0v) is 40.0. The topological polar surface area (TPSA) is 55.4 Å². The third-order valence-corrected chi connectivity index (χ3v) is 21.2. The second-order valence-corrected chi connectivity index (χ2v) is 29.0. The van der Waals surface area contributed by atoms with Crippen molar-refractivity contribution in [2.24, 2.45) is 5.92 Å². The first-order valence-electron chi connectivity index (χ1n) is 21.3. The molecule has 0 spiro atoms. The lowest BCUT2D eigenvalue weighted by atomic mass is 9.91. The molecule has 0 saturated carbocycles. The van der Waals surface area contributed by atoms with Crippen molar-refractivity contribution in [3.8, 4) is 18.1 Å². The fourth-order valence-electron chi connectivity index (χ4n) is 6.68. The number of hydrogen-bond donors (Lipinski definition) is 0. The molecule has 1 aromatic carbocycles. The molecule has 0 radical (unpaired) electrons. The van der Waals surface area contributed by atoms with Gasteiger partial charge in [0.05, 0.1) is 56.9 Å². The molecule has 3 rings (SSSR count). The Morgan fingerprint density at radius 3 is 2.28 bits per heavy atom. The van der Waals surface area contributed by atoms with Crippen molar-refractivity contribution in [3.05, 3.63) is 90.1 Å². The van der Waals surface area contributed by atoms with Crippen LogP contribution in [0.3, 0.4) is 0 Å². The molecule has 0 aromatic heterocycles. The molecule has 2 aliphatic heterocycles. The molecule has 0 amide bonds. The second-order valence-electron chi connectivity index (χ2n) is 19.5. The number of terminal acetylenes is 1. The van der Waals surface area contributed by atoms with Crippen LogP contribution in [0.4, 0.5) is 0 Å². The van der Waals surface area contributed by atoms with Crippen LogP contribution in [-0.2, 0) is 29.7 Å². The molecular formula is C49H78O6Si2. The normalized spacial score (nSPS) is 21.9. The molecule has 0 aliphatic carbocycles. The summed E-state index contributed by atoms with van der Waals surface area (Å²) in [6, 6.07) is 8.11. The largest absolute Gasteiger partial charge is 0.497 e. The minimum Gasteiger partial charge on any atom is -0.497 e. The van der Waals surface area contributed by atoms with Crippen LogP contribution in [0.1, 0.15) is 106 Å². The molecule has 0 fully saturated rings. The van der Waals surface area contributed by atoms with Gasteiger partial charge in [0.1, 0.15) is 5.75 Å². The maximum absolute atomic E-state index is 7.22. The molecule has 0 N–H and O–H groups in total. The van der Waals surface area contributed by atoms with E-state index in [2.05, 4.69) is 149 Å². The zero-order valence-electron chi connectivity index (χ0n) is 38.0. The Morgan fingerprint density at radius 2 is 1.67 bits per heavy atom. The maximum atomic E-state index is 7.22. The summed E-state index contributed by atoms with van der Waals surface area (Å²) in [5.41, 5.74) is 3.64. The van der Waals surface area contributed by atoms with Crippen LogP contribution in [-0.4, -0.2) is 67.0 Å². The summed E-state index contributed by atoms with van der Waals surface area (Å²) in [5.74, 6) is 4.00.